The average molecular weight is 196 g/mol. The van der Waals surface area contributed by atoms with Crippen LogP contribution in [0.3, 0.4) is 0 Å². The van der Waals surface area contributed by atoms with E-state index in [1.54, 1.807) is 0 Å². The summed E-state index contributed by atoms with van der Waals surface area (Å²) in [6, 6.07) is 1.27. The molecule has 1 saturated carbocycles. The van der Waals surface area contributed by atoms with Gasteiger partial charge in [-0.2, -0.15) is 0 Å². The molecule has 78 valence electrons. The van der Waals surface area contributed by atoms with Crippen LogP contribution < -0.4 is 10.2 Å². The summed E-state index contributed by atoms with van der Waals surface area (Å²) in [5.41, 5.74) is 0. The standard InChI is InChI=1S/C9H16N4O/c1-3-13(2)9-12-11-8(14-9)6-10-7-4-5-7/h7,10H,3-6H2,1-2H3. The average Bonchev–Trinajstić information content (AvgIpc) is 2.92. The lowest BCUT2D eigenvalue weighted by molar-refractivity contribution is 0.465. The lowest BCUT2D eigenvalue weighted by atomic mass is 10.6. The molecule has 0 aromatic carbocycles. The molecule has 1 aliphatic carbocycles. The third-order valence-corrected chi connectivity index (χ3v) is 2.38. The molecule has 2 rings (SSSR count). The molecule has 5 nitrogen and oxygen atoms in total. The highest BCUT2D eigenvalue weighted by molar-refractivity contribution is 5.20. The Labute approximate surface area is 83.5 Å². The van der Waals surface area contributed by atoms with Gasteiger partial charge in [0.25, 0.3) is 0 Å². The Morgan fingerprint density at radius 1 is 1.50 bits per heavy atom. The Morgan fingerprint density at radius 2 is 2.29 bits per heavy atom. The molecule has 5 heteroatoms. The van der Waals surface area contributed by atoms with E-state index in [4.69, 9.17) is 4.42 Å². The summed E-state index contributed by atoms with van der Waals surface area (Å²) in [5.74, 6) is 0.673. The number of hydrogen-bond acceptors (Lipinski definition) is 5. The Bertz CT molecular complexity index is 295. The predicted octanol–water partition coefficient (Wildman–Crippen LogP) is 0.778. The zero-order valence-electron chi connectivity index (χ0n) is 8.66. The molecule has 14 heavy (non-hydrogen) atoms. The molecule has 0 spiro atoms. The second-order valence-corrected chi connectivity index (χ2v) is 3.65. The fraction of sp³-hybridized carbons (Fsp3) is 0.778. The van der Waals surface area contributed by atoms with Gasteiger partial charge in [0.1, 0.15) is 0 Å². The third-order valence-electron chi connectivity index (χ3n) is 2.38. The van der Waals surface area contributed by atoms with Crippen LogP contribution in [0.25, 0.3) is 0 Å². The maximum atomic E-state index is 5.46. The van der Waals surface area contributed by atoms with Gasteiger partial charge in [0.05, 0.1) is 6.54 Å². The number of anilines is 1. The Hall–Kier alpha value is -1.10. The quantitative estimate of drug-likeness (QED) is 0.754. The summed E-state index contributed by atoms with van der Waals surface area (Å²) in [7, 11) is 1.94. The van der Waals surface area contributed by atoms with Crippen LogP contribution in [0.4, 0.5) is 6.01 Å². The molecule has 1 aliphatic rings. The van der Waals surface area contributed by atoms with E-state index in [9.17, 15) is 0 Å². The van der Waals surface area contributed by atoms with E-state index in [1.165, 1.54) is 12.8 Å². The first-order valence-electron chi connectivity index (χ1n) is 5.06. The van der Waals surface area contributed by atoms with Crippen LogP contribution in [-0.4, -0.2) is 29.8 Å². The van der Waals surface area contributed by atoms with Gasteiger partial charge >= 0.3 is 6.01 Å². The first-order chi connectivity index (χ1) is 6.79. The van der Waals surface area contributed by atoms with Crippen LogP contribution in [0, 0.1) is 0 Å². The highest BCUT2D eigenvalue weighted by Gasteiger charge is 2.21. The predicted molar refractivity (Wildman–Crippen MR) is 53.1 cm³/mol. The van der Waals surface area contributed by atoms with E-state index in [0.29, 0.717) is 24.5 Å². The van der Waals surface area contributed by atoms with Gasteiger partial charge in [-0.05, 0) is 19.8 Å². The minimum Gasteiger partial charge on any atom is -0.407 e. The van der Waals surface area contributed by atoms with Gasteiger partial charge in [-0.3, -0.25) is 0 Å². The van der Waals surface area contributed by atoms with Gasteiger partial charge < -0.3 is 14.6 Å². The number of hydrogen-bond donors (Lipinski definition) is 1. The molecule has 0 bridgehead atoms. The number of nitrogens with one attached hydrogen (secondary N) is 1. The van der Waals surface area contributed by atoms with E-state index in [-0.39, 0.29) is 0 Å². The lowest BCUT2D eigenvalue weighted by Crippen LogP contribution is -2.16. The zero-order chi connectivity index (χ0) is 9.97. The van der Waals surface area contributed by atoms with Gasteiger partial charge in [0, 0.05) is 19.6 Å². The van der Waals surface area contributed by atoms with Crippen LogP contribution in [0.2, 0.25) is 0 Å². The summed E-state index contributed by atoms with van der Waals surface area (Å²) in [5, 5.41) is 11.2. The number of aromatic nitrogens is 2. The molecule has 0 aliphatic heterocycles. The van der Waals surface area contributed by atoms with Crippen molar-refractivity contribution in [1.29, 1.82) is 0 Å². The molecule has 1 fully saturated rings. The van der Waals surface area contributed by atoms with Crippen molar-refractivity contribution in [2.45, 2.75) is 32.4 Å². The molecule has 0 amide bonds. The van der Waals surface area contributed by atoms with Crippen molar-refractivity contribution in [1.82, 2.24) is 15.5 Å². The molecule has 0 radical (unpaired) electrons. The van der Waals surface area contributed by atoms with Gasteiger partial charge in [0.15, 0.2) is 0 Å². The molecule has 1 heterocycles. The third kappa shape index (κ3) is 2.23. The van der Waals surface area contributed by atoms with Crippen LogP contribution in [0.1, 0.15) is 25.7 Å². The van der Waals surface area contributed by atoms with Crippen LogP contribution in [0.15, 0.2) is 4.42 Å². The largest absolute Gasteiger partial charge is 0.407 e. The summed E-state index contributed by atoms with van der Waals surface area (Å²) >= 11 is 0. The second-order valence-electron chi connectivity index (χ2n) is 3.65. The highest BCUT2D eigenvalue weighted by atomic mass is 16.4. The first-order valence-corrected chi connectivity index (χ1v) is 5.06. The smallest absolute Gasteiger partial charge is 0.317 e. The van der Waals surface area contributed by atoms with Crippen LogP contribution >= 0.6 is 0 Å². The van der Waals surface area contributed by atoms with Crippen LogP contribution in [0.5, 0.6) is 0 Å². The fourth-order valence-electron chi connectivity index (χ4n) is 1.12. The highest BCUT2D eigenvalue weighted by Crippen LogP contribution is 2.19. The summed E-state index contributed by atoms with van der Waals surface area (Å²) in [6.07, 6.45) is 2.55. The van der Waals surface area contributed by atoms with Gasteiger partial charge in [-0.25, -0.2) is 0 Å². The minimum absolute atomic E-state index is 0.597. The van der Waals surface area contributed by atoms with Crippen molar-refractivity contribution < 1.29 is 4.42 Å². The molecular formula is C9H16N4O. The molecule has 0 saturated heterocycles. The fourth-order valence-corrected chi connectivity index (χ4v) is 1.12. The van der Waals surface area contributed by atoms with Crippen molar-refractivity contribution in [2.24, 2.45) is 0 Å². The SMILES string of the molecule is CCN(C)c1nnc(CNC2CC2)o1. The van der Waals surface area contributed by atoms with Gasteiger partial charge in [0.2, 0.25) is 5.89 Å². The Kier molecular flexibility index (Phi) is 2.67. The molecule has 1 aromatic rings. The van der Waals surface area contributed by atoms with Crippen molar-refractivity contribution >= 4 is 6.01 Å². The maximum absolute atomic E-state index is 5.46. The van der Waals surface area contributed by atoms with E-state index in [1.807, 2.05) is 18.9 Å². The van der Waals surface area contributed by atoms with Crippen molar-refractivity contribution in [3.63, 3.8) is 0 Å². The van der Waals surface area contributed by atoms with Gasteiger partial charge in [-0.1, -0.05) is 5.10 Å². The topological polar surface area (TPSA) is 54.2 Å². The van der Waals surface area contributed by atoms with Crippen molar-refractivity contribution in [2.75, 3.05) is 18.5 Å². The Morgan fingerprint density at radius 3 is 2.93 bits per heavy atom. The lowest BCUT2D eigenvalue weighted by Gasteiger charge is -2.08. The van der Waals surface area contributed by atoms with E-state index in [0.717, 1.165) is 6.54 Å². The monoisotopic (exact) mass is 196 g/mol. The molecular weight excluding hydrogens is 180 g/mol. The molecule has 1 aromatic heterocycles. The molecule has 0 atom stereocenters. The van der Waals surface area contributed by atoms with E-state index >= 15 is 0 Å². The van der Waals surface area contributed by atoms with E-state index < -0.39 is 0 Å². The zero-order valence-corrected chi connectivity index (χ0v) is 8.66. The van der Waals surface area contributed by atoms with Crippen molar-refractivity contribution in [3.05, 3.63) is 5.89 Å². The molecule has 0 unspecified atom stereocenters. The Balaban J connectivity index is 1.87. The molecule has 1 N–H and O–H groups in total. The summed E-state index contributed by atoms with van der Waals surface area (Å²) in [6.45, 7) is 3.61. The van der Waals surface area contributed by atoms with Crippen LogP contribution in [-0.2, 0) is 6.54 Å². The number of nitrogens with zero attached hydrogens (tertiary/aromatic N) is 3. The normalized spacial score (nSPS) is 15.9. The van der Waals surface area contributed by atoms with E-state index in [2.05, 4.69) is 15.5 Å². The van der Waals surface area contributed by atoms with Crippen molar-refractivity contribution in [3.8, 4) is 0 Å². The second kappa shape index (κ2) is 3.96. The number of rotatable bonds is 5. The minimum atomic E-state index is 0.597. The first kappa shape index (κ1) is 9.45. The van der Waals surface area contributed by atoms with Gasteiger partial charge in [-0.15, -0.1) is 5.10 Å². The maximum Gasteiger partial charge on any atom is 0.317 e. The summed E-state index contributed by atoms with van der Waals surface area (Å²) in [4.78, 5) is 1.92. The summed E-state index contributed by atoms with van der Waals surface area (Å²) < 4.78 is 5.46.